The molecule has 0 radical (unpaired) electrons. The van der Waals surface area contributed by atoms with Gasteiger partial charge >= 0.3 is 0 Å². The van der Waals surface area contributed by atoms with Crippen molar-refractivity contribution in [2.75, 3.05) is 38.7 Å². The molecule has 2 aromatic carbocycles. The molecule has 162 valence electrons. The highest BCUT2D eigenvalue weighted by atomic mass is 35.5. The standard InChI is InChI=1S/C20H23ClN2O6S/c1-14(29-17-5-3-4-15(21)12-17)20(24)22-16-6-7-18(27-2)19(13-16)30(25,26)23-8-10-28-11-9-23/h3-7,12-14H,8-11H2,1-2H3,(H,22,24). The second-order valence-corrected chi connectivity index (χ2v) is 8.93. The molecule has 0 aliphatic carbocycles. The first-order valence-electron chi connectivity index (χ1n) is 9.30. The monoisotopic (exact) mass is 454 g/mol. The van der Waals surface area contributed by atoms with Crippen molar-refractivity contribution in [3.8, 4) is 11.5 Å². The molecule has 3 rings (SSSR count). The van der Waals surface area contributed by atoms with Crippen LogP contribution in [0.15, 0.2) is 47.4 Å². The summed E-state index contributed by atoms with van der Waals surface area (Å²) in [6.07, 6.45) is -0.829. The summed E-state index contributed by atoms with van der Waals surface area (Å²) in [5, 5.41) is 3.18. The Morgan fingerprint density at radius 2 is 1.93 bits per heavy atom. The maximum absolute atomic E-state index is 13.1. The Morgan fingerprint density at radius 3 is 2.60 bits per heavy atom. The average Bonchev–Trinajstić information content (AvgIpc) is 2.74. The molecule has 0 bridgehead atoms. The Hall–Kier alpha value is -2.33. The molecule has 1 heterocycles. The van der Waals surface area contributed by atoms with Crippen molar-refractivity contribution < 1.29 is 27.4 Å². The molecule has 1 fully saturated rings. The van der Waals surface area contributed by atoms with Crippen LogP contribution in [0, 0.1) is 0 Å². The number of nitrogens with zero attached hydrogens (tertiary/aromatic N) is 1. The number of hydrogen-bond acceptors (Lipinski definition) is 6. The molecule has 1 aliphatic rings. The number of halogens is 1. The lowest BCUT2D eigenvalue weighted by molar-refractivity contribution is -0.122. The summed E-state index contributed by atoms with van der Waals surface area (Å²) in [4.78, 5) is 12.5. The Bertz CT molecular complexity index is 1010. The first kappa shape index (κ1) is 22.4. The van der Waals surface area contributed by atoms with E-state index in [-0.39, 0.29) is 23.7 Å². The number of anilines is 1. The number of sulfonamides is 1. The van der Waals surface area contributed by atoms with Crippen LogP contribution in [0.1, 0.15) is 6.92 Å². The summed E-state index contributed by atoms with van der Waals surface area (Å²) in [6.45, 7) is 2.76. The van der Waals surface area contributed by atoms with Crippen LogP contribution < -0.4 is 14.8 Å². The Labute approximate surface area is 180 Å². The number of amides is 1. The number of carbonyl (C=O) groups is 1. The fraction of sp³-hybridized carbons (Fsp3) is 0.350. The van der Waals surface area contributed by atoms with E-state index in [2.05, 4.69) is 5.32 Å². The van der Waals surface area contributed by atoms with Gasteiger partial charge in [0.25, 0.3) is 5.91 Å². The molecule has 1 aliphatic heterocycles. The minimum absolute atomic E-state index is 0.0203. The fourth-order valence-corrected chi connectivity index (χ4v) is 4.69. The zero-order chi connectivity index (χ0) is 21.7. The van der Waals surface area contributed by atoms with Gasteiger partial charge in [-0.3, -0.25) is 4.79 Å². The van der Waals surface area contributed by atoms with E-state index in [1.54, 1.807) is 37.3 Å². The van der Waals surface area contributed by atoms with E-state index in [9.17, 15) is 13.2 Å². The molecule has 0 saturated carbocycles. The minimum atomic E-state index is -3.81. The first-order valence-corrected chi connectivity index (χ1v) is 11.1. The molecule has 1 saturated heterocycles. The van der Waals surface area contributed by atoms with Crippen LogP contribution in [0.4, 0.5) is 5.69 Å². The smallest absolute Gasteiger partial charge is 0.265 e. The lowest BCUT2D eigenvalue weighted by Gasteiger charge is -2.27. The van der Waals surface area contributed by atoms with Crippen molar-refractivity contribution in [1.82, 2.24) is 4.31 Å². The predicted octanol–water partition coefficient (Wildman–Crippen LogP) is 2.78. The Kier molecular flexibility index (Phi) is 7.19. The summed E-state index contributed by atoms with van der Waals surface area (Å²) < 4.78 is 43.5. The number of methoxy groups -OCH3 is 1. The minimum Gasteiger partial charge on any atom is -0.495 e. The van der Waals surface area contributed by atoms with E-state index >= 15 is 0 Å². The van der Waals surface area contributed by atoms with Crippen molar-refractivity contribution >= 4 is 33.2 Å². The van der Waals surface area contributed by atoms with Gasteiger partial charge < -0.3 is 19.5 Å². The van der Waals surface area contributed by atoms with Crippen molar-refractivity contribution in [2.24, 2.45) is 0 Å². The molecule has 0 aromatic heterocycles. The van der Waals surface area contributed by atoms with Crippen molar-refractivity contribution in [1.29, 1.82) is 0 Å². The first-order chi connectivity index (χ1) is 14.3. The molecule has 0 spiro atoms. The molecule has 1 amide bonds. The zero-order valence-electron chi connectivity index (χ0n) is 16.6. The number of nitrogens with one attached hydrogen (secondary N) is 1. The van der Waals surface area contributed by atoms with Crippen LogP contribution in [0.25, 0.3) is 0 Å². The van der Waals surface area contributed by atoms with Crippen molar-refractivity contribution in [2.45, 2.75) is 17.9 Å². The summed E-state index contributed by atoms with van der Waals surface area (Å²) in [5.41, 5.74) is 0.314. The maximum Gasteiger partial charge on any atom is 0.265 e. The van der Waals surface area contributed by atoms with Gasteiger partial charge in [-0.05, 0) is 43.3 Å². The van der Waals surface area contributed by atoms with Crippen molar-refractivity contribution in [3.05, 3.63) is 47.5 Å². The van der Waals surface area contributed by atoms with Crippen LogP contribution in [-0.4, -0.2) is 58.1 Å². The Morgan fingerprint density at radius 1 is 1.20 bits per heavy atom. The molecule has 10 heteroatoms. The van der Waals surface area contributed by atoms with Crippen LogP contribution in [0.3, 0.4) is 0 Å². The van der Waals surface area contributed by atoms with E-state index < -0.39 is 22.0 Å². The van der Waals surface area contributed by atoms with Gasteiger partial charge in [0, 0.05) is 23.8 Å². The maximum atomic E-state index is 13.1. The average molecular weight is 455 g/mol. The zero-order valence-corrected chi connectivity index (χ0v) is 18.2. The van der Waals surface area contributed by atoms with Gasteiger partial charge in [-0.1, -0.05) is 17.7 Å². The molecular weight excluding hydrogens is 432 g/mol. The summed E-state index contributed by atoms with van der Waals surface area (Å²) in [7, 11) is -2.41. The van der Waals surface area contributed by atoms with Gasteiger partial charge in [0.15, 0.2) is 6.10 Å². The highest BCUT2D eigenvalue weighted by molar-refractivity contribution is 7.89. The third-order valence-electron chi connectivity index (χ3n) is 4.50. The largest absolute Gasteiger partial charge is 0.495 e. The third kappa shape index (κ3) is 5.23. The van der Waals surface area contributed by atoms with Crippen LogP contribution in [0.5, 0.6) is 11.5 Å². The number of rotatable bonds is 7. The number of benzene rings is 2. The van der Waals surface area contributed by atoms with Crippen LogP contribution in [-0.2, 0) is 19.6 Å². The number of morpholine rings is 1. The number of hydrogen-bond donors (Lipinski definition) is 1. The van der Waals surface area contributed by atoms with E-state index in [4.69, 9.17) is 25.8 Å². The third-order valence-corrected chi connectivity index (χ3v) is 6.65. The number of carbonyl (C=O) groups excluding carboxylic acids is 1. The lowest BCUT2D eigenvalue weighted by atomic mass is 10.2. The van der Waals surface area contributed by atoms with Gasteiger partial charge in [0.2, 0.25) is 10.0 Å². The molecule has 30 heavy (non-hydrogen) atoms. The normalized spacial score (nSPS) is 16.0. The van der Waals surface area contributed by atoms with Gasteiger partial charge in [-0.2, -0.15) is 4.31 Å². The van der Waals surface area contributed by atoms with E-state index in [1.807, 2.05) is 0 Å². The second-order valence-electron chi connectivity index (χ2n) is 6.59. The molecule has 1 unspecified atom stereocenters. The van der Waals surface area contributed by atoms with Gasteiger partial charge in [-0.15, -0.1) is 0 Å². The fourth-order valence-electron chi connectivity index (χ4n) is 2.92. The highest BCUT2D eigenvalue weighted by Gasteiger charge is 2.30. The molecule has 1 N–H and O–H groups in total. The summed E-state index contributed by atoms with van der Waals surface area (Å²) >= 11 is 5.93. The molecular formula is C20H23ClN2O6S. The molecule has 1 atom stereocenters. The van der Waals surface area contributed by atoms with Crippen LogP contribution >= 0.6 is 11.6 Å². The second kappa shape index (κ2) is 9.65. The SMILES string of the molecule is COc1ccc(NC(=O)C(C)Oc2cccc(Cl)c2)cc1S(=O)(=O)N1CCOCC1. The van der Waals surface area contributed by atoms with Gasteiger partial charge in [-0.25, -0.2) is 8.42 Å². The van der Waals surface area contributed by atoms with Gasteiger partial charge in [0.05, 0.1) is 20.3 Å². The lowest BCUT2D eigenvalue weighted by Crippen LogP contribution is -2.40. The topological polar surface area (TPSA) is 94.2 Å². The van der Waals surface area contributed by atoms with Crippen molar-refractivity contribution in [3.63, 3.8) is 0 Å². The van der Waals surface area contributed by atoms with E-state index in [0.717, 1.165) is 0 Å². The quantitative estimate of drug-likeness (QED) is 0.691. The van der Waals surface area contributed by atoms with E-state index in [0.29, 0.717) is 29.7 Å². The predicted molar refractivity (Wildman–Crippen MR) is 113 cm³/mol. The molecule has 8 nitrogen and oxygen atoms in total. The molecule has 2 aromatic rings. The van der Waals surface area contributed by atoms with E-state index in [1.165, 1.54) is 23.5 Å². The summed E-state index contributed by atoms with van der Waals surface area (Å²) in [5.74, 6) is 0.216. The highest BCUT2D eigenvalue weighted by Crippen LogP contribution is 2.30. The number of ether oxygens (including phenoxy) is 3. The summed E-state index contributed by atoms with van der Waals surface area (Å²) in [6, 6.07) is 11.2. The van der Waals surface area contributed by atoms with Crippen LogP contribution in [0.2, 0.25) is 5.02 Å². The van der Waals surface area contributed by atoms with Gasteiger partial charge in [0.1, 0.15) is 16.4 Å². The Balaban J connectivity index is 1.78.